The Kier molecular flexibility index (Phi) is 24.3. The summed E-state index contributed by atoms with van der Waals surface area (Å²) in [6, 6.07) is 0. The second-order valence-electron chi connectivity index (χ2n) is 12.1. The molecule has 0 aliphatic heterocycles. The van der Waals surface area contributed by atoms with Crippen LogP contribution in [0.3, 0.4) is 0 Å². The Bertz CT molecular complexity index is 1060. The largest absolute Gasteiger partial charge is 0.472 e. The Morgan fingerprint density at radius 2 is 1.16 bits per heavy atom. The molecule has 1 aliphatic rings. The summed E-state index contributed by atoms with van der Waals surface area (Å²) in [5.74, 6) is -1.16. The first-order valence-corrected chi connectivity index (χ1v) is 19.0. The fourth-order valence-corrected chi connectivity index (χ4v) is 5.86. The molecule has 1 saturated carbocycles. The lowest BCUT2D eigenvalue weighted by molar-refractivity contribution is -0.220. The third-order valence-electron chi connectivity index (χ3n) is 7.78. The molecule has 0 heterocycles. The van der Waals surface area contributed by atoms with Gasteiger partial charge < -0.3 is 39.9 Å². The summed E-state index contributed by atoms with van der Waals surface area (Å²) >= 11 is 0. The van der Waals surface area contributed by atoms with E-state index in [9.17, 15) is 44.6 Å². The van der Waals surface area contributed by atoms with Crippen molar-refractivity contribution in [2.45, 2.75) is 146 Å². The molecule has 1 rings (SSSR count). The number of aliphatic hydroxyl groups is 5. The third-order valence-corrected chi connectivity index (χ3v) is 8.76. The summed E-state index contributed by atoms with van der Waals surface area (Å²) in [5.41, 5.74) is 0. The van der Waals surface area contributed by atoms with E-state index < -0.39 is 75.7 Å². The van der Waals surface area contributed by atoms with Crippen LogP contribution < -0.4 is 0 Å². The molecule has 6 N–H and O–H groups in total. The molecule has 0 aromatic heterocycles. The Balaban J connectivity index is 2.63. The number of carbonyl (C=O) groups is 2. The number of hydrogen-bond acceptors (Lipinski definition) is 12. The summed E-state index contributed by atoms with van der Waals surface area (Å²) in [6.45, 7) is 3.00. The van der Waals surface area contributed by atoms with E-state index in [2.05, 4.69) is 19.9 Å². The van der Waals surface area contributed by atoms with Crippen LogP contribution in [0.15, 0.2) is 48.6 Å². The van der Waals surface area contributed by atoms with Gasteiger partial charge in [0.05, 0.1) is 6.61 Å². The van der Waals surface area contributed by atoms with Crippen molar-refractivity contribution in [3.63, 3.8) is 0 Å². The minimum atomic E-state index is -5.11. The predicted molar refractivity (Wildman–Crippen MR) is 184 cm³/mol. The molecule has 0 spiro atoms. The van der Waals surface area contributed by atoms with Gasteiger partial charge in [-0.3, -0.25) is 18.6 Å². The Labute approximate surface area is 290 Å². The maximum absolute atomic E-state index is 12.7. The van der Waals surface area contributed by atoms with Crippen molar-refractivity contribution in [3.8, 4) is 0 Å². The lowest BCUT2D eigenvalue weighted by atomic mass is 9.85. The Morgan fingerprint density at radius 1 is 0.653 bits per heavy atom. The van der Waals surface area contributed by atoms with Gasteiger partial charge in [-0.25, -0.2) is 4.57 Å². The van der Waals surface area contributed by atoms with E-state index in [1.165, 1.54) is 6.42 Å². The second kappa shape index (κ2) is 26.6. The molecule has 7 unspecified atom stereocenters. The van der Waals surface area contributed by atoms with Crippen LogP contribution in [0.1, 0.15) is 104 Å². The van der Waals surface area contributed by atoms with Crippen molar-refractivity contribution in [1.82, 2.24) is 0 Å². The summed E-state index contributed by atoms with van der Waals surface area (Å²) in [7, 11) is -5.11. The van der Waals surface area contributed by atoms with E-state index in [1.54, 1.807) is 0 Å². The van der Waals surface area contributed by atoms with Gasteiger partial charge in [0.1, 0.15) is 43.2 Å². The number of carbonyl (C=O) groups excluding carboxylic acids is 2. The number of allylic oxidation sites excluding steroid dienone is 8. The van der Waals surface area contributed by atoms with Gasteiger partial charge in [0.25, 0.3) is 0 Å². The van der Waals surface area contributed by atoms with Gasteiger partial charge in [0.2, 0.25) is 0 Å². The van der Waals surface area contributed by atoms with E-state index in [0.717, 1.165) is 57.8 Å². The average Bonchev–Trinajstić information content (AvgIpc) is 3.07. The van der Waals surface area contributed by atoms with Crippen molar-refractivity contribution in [1.29, 1.82) is 0 Å². The molecule has 49 heavy (non-hydrogen) atoms. The summed E-state index contributed by atoms with van der Waals surface area (Å²) < 4.78 is 33.1. The van der Waals surface area contributed by atoms with E-state index in [1.807, 2.05) is 42.5 Å². The molecule has 0 amide bonds. The molecule has 0 radical (unpaired) electrons. The van der Waals surface area contributed by atoms with Gasteiger partial charge in [0, 0.05) is 12.8 Å². The zero-order valence-electron chi connectivity index (χ0n) is 29.0. The van der Waals surface area contributed by atoms with E-state index in [4.69, 9.17) is 18.5 Å². The molecule has 1 aliphatic carbocycles. The fraction of sp³-hybridized carbons (Fsp3) is 0.714. The third kappa shape index (κ3) is 20.3. The van der Waals surface area contributed by atoms with Crippen molar-refractivity contribution in [2.24, 2.45) is 0 Å². The highest BCUT2D eigenvalue weighted by molar-refractivity contribution is 7.47. The van der Waals surface area contributed by atoms with Crippen molar-refractivity contribution >= 4 is 19.8 Å². The van der Waals surface area contributed by atoms with Gasteiger partial charge in [-0.05, 0) is 32.1 Å². The molecule has 0 aromatic rings. The number of aliphatic hydroxyl groups excluding tert-OH is 5. The molecular formula is C35H59O13P. The smallest absolute Gasteiger partial charge is 0.462 e. The first-order chi connectivity index (χ1) is 23.4. The zero-order valence-corrected chi connectivity index (χ0v) is 29.9. The quantitative estimate of drug-likeness (QED) is 0.0316. The first kappa shape index (κ1) is 44.8. The lowest BCUT2D eigenvalue weighted by Crippen LogP contribution is -2.64. The van der Waals surface area contributed by atoms with Gasteiger partial charge >= 0.3 is 19.8 Å². The van der Waals surface area contributed by atoms with Crippen molar-refractivity contribution in [2.75, 3.05) is 13.2 Å². The number of phosphoric acid groups is 1. The van der Waals surface area contributed by atoms with Gasteiger partial charge in [-0.1, -0.05) is 107 Å². The zero-order chi connectivity index (χ0) is 36.5. The van der Waals surface area contributed by atoms with E-state index >= 15 is 0 Å². The molecule has 0 aromatic carbocycles. The van der Waals surface area contributed by atoms with Gasteiger partial charge in [0.15, 0.2) is 6.10 Å². The summed E-state index contributed by atoms with van der Waals surface area (Å²) in [5, 5.41) is 49.7. The molecule has 282 valence electrons. The summed E-state index contributed by atoms with van der Waals surface area (Å²) in [4.78, 5) is 35.2. The highest BCUT2D eigenvalue weighted by Crippen LogP contribution is 2.47. The lowest BCUT2D eigenvalue weighted by Gasteiger charge is -2.41. The summed E-state index contributed by atoms with van der Waals surface area (Å²) in [6.07, 6.45) is 13.8. The van der Waals surface area contributed by atoms with Crippen LogP contribution >= 0.6 is 7.82 Å². The van der Waals surface area contributed by atoms with Crippen molar-refractivity contribution in [3.05, 3.63) is 48.6 Å². The number of ether oxygens (including phenoxy) is 2. The van der Waals surface area contributed by atoms with Crippen LogP contribution in [-0.4, -0.2) is 98.3 Å². The number of unbranched alkanes of at least 4 members (excludes halogenated alkanes) is 9. The first-order valence-electron chi connectivity index (χ1n) is 17.5. The monoisotopic (exact) mass is 718 g/mol. The van der Waals surface area contributed by atoms with E-state index in [-0.39, 0.29) is 12.8 Å². The molecular weight excluding hydrogens is 659 g/mol. The maximum atomic E-state index is 12.7. The number of hydrogen-bond donors (Lipinski definition) is 6. The van der Waals surface area contributed by atoms with Crippen LogP contribution in [-0.2, 0) is 32.7 Å². The van der Waals surface area contributed by atoms with Crippen molar-refractivity contribution < 1.29 is 63.1 Å². The van der Waals surface area contributed by atoms with E-state index in [0.29, 0.717) is 12.8 Å². The fourth-order valence-electron chi connectivity index (χ4n) is 4.88. The molecule has 1 fully saturated rings. The molecule has 13 nitrogen and oxygen atoms in total. The van der Waals surface area contributed by atoms with Crippen LogP contribution in [0.2, 0.25) is 0 Å². The Hall–Kier alpha value is -2.19. The van der Waals surface area contributed by atoms with Gasteiger partial charge in [-0.2, -0.15) is 0 Å². The highest BCUT2D eigenvalue weighted by Gasteiger charge is 2.51. The minimum Gasteiger partial charge on any atom is -0.462 e. The van der Waals surface area contributed by atoms with Crippen LogP contribution in [0.25, 0.3) is 0 Å². The standard InChI is InChI=1S/C35H59O13P/c1-3-5-7-9-11-12-13-14-15-16-18-20-22-24-29(37)47-27(25-45-28(36)23-21-19-17-10-8-6-4-2)26-46-49(43,44)48-35-33(41)31(39)30(38)32(40)34(35)42/h5,7,9,11-15,27,30-35,38-42H,3-4,6,8,10,16-26H2,1-2H3,(H,43,44)/b7-5+,11-9+,13-12+,15-14+/t27?,30?,31-,32?,33?,34?,35?/m1/s1. The topological polar surface area (TPSA) is 210 Å². The molecule has 0 saturated heterocycles. The van der Waals surface area contributed by atoms with Crippen LogP contribution in [0, 0.1) is 0 Å². The number of rotatable bonds is 26. The van der Waals surface area contributed by atoms with Gasteiger partial charge in [-0.15, -0.1) is 0 Å². The molecule has 0 bridgehead atoms. The normalized spacial score (nSPS) is 25.0. The SMILES string of the molecule is CC/C=C/C=C/C=C/C=C/CCCCCC(=O)OC(COC(=O)CCCCCCCCC)COP(=O)(O)OC1C(O)C(O)C(O)[C@@H](O)C1O. The number of esters is 2. The average molecular weight is 719 g/mol. The molecule has 8 atom stereocenters. The number of phosphoric ester groups is 1. The van der Waals surface area contributed by atoms with Crippen LogP contribution in [0.5, 0.6) is 0 Å². The Morgan fingerprint density at radius 3 is 1.78 bits per heavy atom. The second-order valence-corrected chi connectivity index (χ2v) is 13.5. The maximum Gasteiger partial charge on any atom is 0.472 e. The highest BCUT2D eigenvalue weighted by atomic mass is 31.2. The van der Waals surface area contributed by atoms with Crippen LogP contribution in [0.4, 0.5) is 0 Å². The molecule has 14 heteroatoms. The predicted octanol–water partition coefficient (Wildman–Crippen LogP) is 4.49. The minimum absolute atomic E-state index is 0.0496.